The van der Waals surface area contributed by atoms with Gasteiger partial charge in [0.05, 0.1) is 0 Å². The summed E-state index contributed by atoms with van der Waals surface area (Å²) >= 11 is 0. The Morgan fingerprint density at radius 1 is 0.341 bits per heavy atom. The maximum atomic E-state index is 6.20. The van der Waals surface area contributed by atoms with Gasteiger partial charge in [0.15, 0.2) is 0 Å². The molecule has 0 amide bonds. The topological polar surface area (TPSA) is 9.23 Å². The SMILES string of the molecule is C=CCCC1CCC(CCC2CCC(CCOCCC3CCC(CCC4CCC(CCC=C)CC4)CC3)CC2)CC1. The van der Waals surface area contributed by atoms with Gasteiger partial charge < -0.3 is 4.74 Å². The summed E-state index contributed by atoms with van der Waals surface area (Å²) in [5.41, 5.74) is 0. The molecule has 41 heavy (non-hydrogen) atoms. The summed E-state index contributed by atoms with van der Waals surface area (Å²) in [7, 11) is 0. The van der Waals surface area contributed by atoms with Crippen LogP contribution in [0.4, 0.5) is 0 Å². The van der Waals surface area contributed by atoms with E-state index in [1.165, 1.54) is 167 Å². The van der Waals surface area contributed by atoms with Crippen LogP contribution in [0.3, 0.4) is 0 Å². The minimum Gasteiger partial charge on any atom is -0.381 e. The molecule has 0 aromatic carbocycles. The van der Waals surface area contributed by atoms with Gasteiger partial charge in [0.25, 0.3) is 0 Å². The van der Waals surface area contributed by atoms with E-state index in [0.29, 0.717) is 0 Å². The molecular weight excluding hydrogens is 496 g/mol. The van der Waals surface area contributed by atoms with Crippen LogP contribution in [0.15, 0.2) is 25.3 Å². The standard InChI is InChI=1S/C40H70O/c1-3-5-7-33-9-13-35(14-10-33)17-19-37-21-25-39(26-22-37)29-31-41-32-30-40-27-23-38(24-28-40)20-18-36-15-11-34(12-16-36)8-6-4-2/h3-4,33-40H,1-2,5-32H2. The average molecular weight is 567 g/mol. The van der Waals surface area contributed by atoms with Gasteiger partial charge in [0, 0.05) is 13.2 Å². The van der Waals surface area contributed by atoms with Gasteiger partial charge in [-0.25, -0.2) is 0 Å². The molecule has 4 aliphatic carbocycles. The van der Waals surface area contributed by atoms with E-state index in [1.54, 1.807) is 0 Å². The second kappa shape index (κ2) is 19.7. The minimum absolute atomic E-state index is 0.948. The van der Waals surface area contributed by atoms with E-state index in [-0.39, 0.29) is 0 Å². The zero-order chi connectivity index (χ0) is 28.5. The van der Waals surface area contributed by atoms with Crippen LogP contribution in [-0.2, 0) is 4.74 Å². The Balaban J connectivity index is 0.934. The summed E-state index contributed by atoms with van der Waals surface area (Å²) in [5.74, 6) is 8.04. The molecule has 1 nitrogen and oxygen atoms in total. The van der Waals surface area contributed by atoms with Gasteiger partial charge >= 0.3 is 0 Å². The molecule has 0 N–H and O–H groups in total. The zero-order valence-electron chi connectivity index (χ0n) is 27.4. The van der Waals surface area contributed by atoms with Gasteiger partial charge in [-0.2, -0.15) is 0 Å². The third-order valence-electron chi connectivity index (χ3n) is 12.7. The van der Waals surface area contributed by atoms with Crippen LogP contribution in [0.2, 0.25) is 0 Å². The van der Waals surface area contributed by atoms with Crippen molar-refractivity contribution >= 4 is 0 Å². The van der Waals surface area contributed by atoms with Crippen molar-refractivity contribution in [2.75, 3.05) is 13.2 Å². The van der Waals surface area contributed by atoms with Crippen LogP contribution in [-0.4, -0.2) is 13.2 Å². The molecule has 0 atom stereocenters. The van der Waals surface area contributed by atoms with Crippen LogP contribution < -0.4 is 0 Å². The Kier molecular flexibility index (Phi) is 16.0. The van der Waals surface area contributed by atoms with Crippen molar-refractivity contribution < 1.29 is 4.74 Å². The predicted molar refractivity (Wildman–Crippen MR) is 179 cm³/mol. The van der Waals surface area contributed by atoms with E-state index >= 15 is 0 Å². The summed E-state index contributed by atoms with van der Waals surface area (Å²) in [6.07, 6.45) is 42.1. The van der Waals surface area contributed by atoms with E-state index in [1.807, 2.05) is 0 Å². The molecule has 1 heteroatoms. The Morgan fingerprint density at radius 2 is 0.561 bits per heavy atom. The molecule has 4 fully saturated rings. The fourth-order valence-corrected chi connectivity index (χ4v) is 9.49. The lowest BCUT2D eigenvalue weighted by molar-refractivity contribution is 0.0898. The smallest absolute Gasteiger partial charge is 0.0468 e. The maximum absolute atomic E-state index is 6.20. The first-order valence-corrected chi connectivity index (χ1v) is 19.0. The van der Waals surface area contributed by atoms with Crippen LogP contribution in [0.1, 0.15) is 167 Å². The quantitative estimate of drug-likeness (QED) is 0.118. The molecule has 0 spiro atoms. The Morgan fingerprint density at radius 3 is 0.805 bits per heavy atom. The second-order valence-electron chi connectivity index (χ2n) is 15.6. The van der Waals surface area contributed by atoms with Crippen molar-refractivity contribution in [1.29, 1.82) is 0 Å². The van der Waals surface area contributed by atoms with Crippen LogP contribution >= 0.6 is 0 Å². The first-order valence-electron chi connectivity index (χ1n) is 19.0. The third-order valence-corrected chi connectivity index (χ3v) is 12.7. The molecule has 236 valence electrons. The molecular formula is C40H70O. The van der Waals surface area contributed by atoms with Crippen LogP contribution in [0.5, 0.6) is 0 Å². The van der Waals surface area contributed by atoms with Crippen molar-refractivity contribution in [2.45, 2.75) is 167 Å². The first-order chi connectivity index (χ1) is 20.2. The molecule has 0 aromatic rings. The summed E-state index contributed by atoms with van der Waals surface area (Å²) in [5, 5.41) is 0. The first kappa shape index (κ1) is 33.3. The fraction of sp³-hybridized carbons (Fsp3) is 0.900. The van der Waals surface area contributed by atoms with Gasteiger partial charge in [0.1, 0.15) is 0 Å². The Labute approximate surface area is 257 Å². The monoisotopic (exact) mass is 567 g/mol. The van der Waals surface area contributed by atoms with Crippen LogP contribution in [0, 0.1) is 47.3 Å². The third kappa shape index (κ3) is 12.9. The highest BCUT2D eigenvalue weighted by Gasteiger charge is 2.26. The molecule has 4 saturated carbocycles. The fourth-order valence-electron chi connectivity index (χ4n) is 9.49. The van der Waals surface area contributed by atoms with Gasteiger partial charge in [0.2, 0.25) is 0 Å². The molecule has 0 bridgehead atoms. The van der Waals surface area contributed by atoms with Crippen molar-refractivity contribution in [3.05, 3.63) is 25.3 Å². The normalized spacial score (nSPS) is 34.7. The molecule has 4 rings (SSSR count). The van der Waals surface area contributed by atoms with Crippen molar-refractivity contribution in [2.24, 2.45) is 47.3 Å². The lowest BCUT2D eigenvalue weighted by Crippen LogP contribution is -2.20. The van der Waals surface area contributed by atoms with E-state index in [2.05, 4.69) is 25.3 Å². The van der Waals surface area contributed by atoms with Crippen LogP contribution in [0.25, 0.3) is 0 Å². The van der Waals surface area contributed by atoms with E-state index in [9.17, 15) is 0 Å². The molecule has 0 unspecified atom stereocenters. The molecule has 0 aromatic heterocycles. The van der Waals surface area contributed by atoms with Gasteiger partial charge in [-0.05, 0) is 85.9 Å². The van der Waals surface area contributed by atoms with Gasteiger partial charge in [-0.3, -0.25) is 0 Å². The highest BCUT2D eigenvalue weighted by Crippen LogP contribution is 2.40. The van der Waals surface area contributed by atoms with Crippen molar-refractivity contribution in [3.8, 4) is 0 Å². The number of allylic oxidation sites excluding steroid dienone is 2. The summed E-state index contributed by atoms with van der Waals surface area (Å²) < 4.78 is 6.20. The lowest BCUT2D eigenvalue weighted by atomic mass is 9.74. The van der Waals surface area contributed by atoms with E-state index in [4.69, 9.17) is 4.74 Å². The highest BCUT2D eigenvalue weighted by atomic mass is 16.5. The lowest BCUT2D eigenvalue weighted by Gasteiger charge is -2.32. The highest BCUT2D eigenvalue weighted by molar-refractivity contribution is 4.80. The Bertz CT molecular complexity index is 607. The Hall–Kier alpha value is -0.560. The molecule has 0 radical (unpaired) electrons. The number of ether oxygens (including phenoxy) is 1. The zero-order valence-corrected chi connectivity index (χ0v) is 27.4. The molecule has 0 aliphatic heterocycles. The number of hydrogen-bond acceptors (Lipinski definition) is 1. The molecule has 0 heterocycles. The van der Waals surface area contributed by atoms with Gasteiger partial charge in [-0.1, -0.05) is 141 Å². The molecule has 4 aliphatic rings. The number of hydrogen-bond donors (Lipinski definition) is 0. The van der Waals surface area contributed by atoms with E-state index in [0.717, 1.165) is 60.6 Å². The summed E-state index contributed by atoms with van der Waals surface area (Å²) in [4.78, 5) is 0. The summed E-state index contributed by atoms with van der Waals surface area (Å²) in [6, 6.07) is 0. The van der Waals surface area contributed by atoms with E-state index < -0.39 is 0 Å². The van der Waals surface area contributed by atoms with Crippen molar-refractivity contribution in [1.82, 2.24) is 0 Å². The maximum Gasteiger partial charge on any atom is 0.0468 e. The van der Waals surface area contributed by atoms with Gasteiger partial charge in [-0.15, -0.1) is 13.2 Å². The number of rotatable bonds is 18. The summed E-state index contributed by atoms with van der Waals surface area (Å²) in [6.45, 7) is 9.85. The average Bonchev–Trinajstić information content (AvgIpc) is 3.03. The predicted octanol–water partition coefficient (Wildman–Crippen LogP) is 12.5. The second-order valence-corrected chi connectivity index (χ2v) is 15.6. The minimum atomic E-state index is 0.948. The van der Waals surface area contributed by atoms with Crippen molar-refractivity contribution in [3.63, 3.8) is 0 Å². The largest absolute Gasteiger partial charge is 0.381 e. The molecule has 0 saturated heterocycles.